The highest BCUT2D eigenvalue weighted by Crippen LogP contribution is 2.26. The largest absolute Gasteiger partial charge is 0.458 e. The van der Waals surface area contributed by atoms with Crippen molar-refractivity contribution in [3.8, 4) is 0 Å². The predicted octanol–water partition coefficient (Wildman–Crippen LogP) is 2.24. The molecule has 2 unspecified atom stereocenters. The van der Waals surface area contributed by atoms with Gasteiger partial charge in [-0.2, -0.15) is 0 Å². The van der Waals surface area contributed by atoms with Crippen LogP contribution in [0.5, 0.6) is 0 Å². The molecule has 1 aromatic heterocycles. The molecule has 0 aliphatic carbocycles. The zero-order valence-corrected chi connectivity index (χ0v) is 11.4. The number of furan rings is 1. The van der Waals surface area contributed by atoms with Gasteiger partial charge >= 0.3 is 0 Å². The van der Waals surface area contributed by atoms with Gasteiger partial charge < -0.3 is 15.1 Å². The molecule has 0 bridgehead atoms. The number of nitrogens with two attached hydrogens (primary N) is 1. The van der Waals surface area contributed by atoms with Crippen molar-refractivity contribution in [3.63, 3.8) is 0 Å². The monoisotopic (exact) mass is 300 g/mol. The zero-order chi connectivity index (χ0) is 12.4. The van der Waals surface area contributed by atoms with Crippen LogP contribution < -0.4 is 5.73 Å². The second kappa shape index (κ2) is 5.23. The van der Waals surface area contributed by atoms with Crippen LogP contribution in [-0.2, 0) is 0 Å². The second-order valence-electron chi connectivity index (χ2n) is 4.62. The first-order chi connectivity index (χ1) is 8.13. The molecular formula is C12H17BrN2O2. The minimum atomic E-state index is -0.0655. The minimum absolute atomic E-state index is 0.0655. The summed E-state index contributed by atoms with van der Waals surface area (Å²) >= 11 is 3.31. The van der Waals surface area contributed by atoms with Gasteiger partial charge in [0.1, 0.15) is 0 Å². The van der Waals surface area contributed by atoms with Gasteiger partial charge in [-0.1, -0.05) is 6.92 Å². The van der Waals surface area contributed by atoms with Crippen molar-refractivity contribution < 1.29 is 9.21 Å². The molecule has 1 aromatic rings. The Kier molecular flexibility index (Phi) is 3.89. The number of nitrogens with zero attached hydrogens (tertiary/aromatic N) is 1. The summed E-state index contributed by atoms with van der Waals surface area (Å²) in [7, 11) is 0. The van der Waals surface area contributed by atoms with Crippen molar-refractivity contribution in [2.24, 2.45) is 11.7 Å². The summed E-state index contributed by atoms with van der Waals surface area (Å²) in [6, 6.07) is 1.86. The van der Waals surface area contributed by atoms with Crippen LogP contribution in [0.15, 0.2) is 21.2 Å². The van der Waals surface area contributed by atoms with E-state index in [0.717, 1.165) is 19.4 Å². The van der Waals surface area contributed by atoms with Gasteiger partial charge in [0, 0.05) is 19.1 Å². The number of amides is 1. The molecule has 0 aromatic carbocycles. The lowest BCUT2D eigenvalue weighted by molar-refractivity contribution is 0.0540. The van der Waals surface area contributed by atoms with E-state index in [4.69, 9.17) is 10.2 Å². The van der Waals surface area contributed by atoms with Gasteiger partial charge in [-0.15, -0.1) is 0 Å². The van der Waals surface area contributed by atoms with Crippen LogP contribution in [0.3, 0.4) is 0 Å². The van der Waals surface area contributed by atoms with E-state index in [-0.39, 0.29) is 11.9 Å². The van der Waals surface area contributed by atoms with Gasteiger partial charge in [0.15, 0.2) is 0 Å². The Hall–Kier alpha value is -0.810. The predicted molar refractivity (Wildman–Crippen MR) is 68.7 cm³/mol. The van der Waals surface area contributed by atoms with E-state index < -0.39 is 0 Å². The lowest BCUT2D eigenvalue weighted by Gasteiger charge is -2.37. The average Bonchev–Trinajstić information content (AvgIpc) is 2.74. The molecule has 2 N–H and O–H groups in total. The van der Waals surface area contributed by atoms with Crippen LogP contribution in [-0.4, -0.2) is 29.9 Å². The third-order valence-electron chi connectivity index (χ3n) is 3.32. The summed E-state index contributed by atoms with van der Waals surface area (Å²) in [5.41, 5.74) is 5.75. The van der Waals surface area contributed by atoms with Crippen molar-refractivity contribution in [3.05, 3.63) is 22.6 Å². The first kappa shape index (κ1) is 12.6. The average molecular weight is 301 g/mol. The summed E-state index contributed by atoms with van der Waals surface area (Å²) in [6.45, 7) is 3.47. The molecule has 2 heterocycles. The number of hydrogen-bond acceptors (Lipinski definition) is 3. The van der Waals surface area contributed by atoms with Crippen LogP contribution in [0, 0.1) is 5.92 Å². The van der Waals surface area contributed by atoms with E-state index in [1.807, 2.05) is 4.90 Å². The molecule has 17 heavy (non-hydrogen) atoms. The van der Waals surface area contributed by atoms with E-state index in [1.165, 1.54) is 6.26 Å². The highest BCUT2D eigenvalue weighted by Gasteiger charge is 2.31. The van der Waals surface area contributed by atoms with Crippen LogP contribution >= 0.6 is 15.9 Å². The highest BCUT2D eigenvalue weighted by molar-refractivity contribution is 9.10. The SMILES string of the molecule is CC1CCN(C(=O)c2occc2Br)C(CN)C1. The first-order valence-corrected chi connectivity index (χ1v) is 6.66. The maximum atomic E-state index is 12.3. The molecule has 0 radical (unpaired) electrons. The maximum absolute atomic E-state index is 12.3. The second-order valence-corrected chi connectivity index (χ2v) is 5.47. The van der Waals surface area contributed by atoms with Gasteiger partial charge in [-0.25, -0.2) is 0 Å². The molecule has 1 aliphatic rings. The summed E-state index contributed by atoms with van der Waals surface area (Å²) in [4.78, 5) is 14.1. The smallest absolute Gasteiger partial charge is 0.291 e. The Morgan fingerprint density at radius 1 is 1.71 bits per heavy atom. The molecule has 1 saturated heterocycles. The van der Waals surface area contributed by atoms with Crippen molar-refractivity contribution in [1.82, 2.24) is 4.90 Å². The van der Waals surface area contributed by atoms with Crippen molar-refractivity contribution >= 4 is 21.8 Å². The Morgan fingerprint density at radius 3 is 3.06 bits per heavy atom. The molecule has 2 atom stereocenters. The third kappa shape index (κ3) is 2.55. The molecule has 0 spiro atoms. The van der Waals surface area contributed by atoms with Crippen LogP contribution in [0.2, 0.25) is 0 Å². The lowest BCUT2D eigenvalue weighted by atomic mass is 9.92. The van der Waals surface area contributed by atoms with Crippen molar-refractivity contribution in [2.75, 3.05) is 13.1 Å². The Morgan fingerprint density at radius 2 is 2.47 bits per heavy atom. The summed E-state index contributed by atoms with van der Waals surface area (Å²) < 4.78 is 5.93. The fourth-order valence-corrected chi connectivity index (χ4v) is 2.69. The summed E-state index contributed by atoms with van der Waals surface area (Å²) in [5, 5.41) is 0. The van der Waals surface area contributed by atoms with E-state index in [9.17, 15) is 4.79 Å². The van der Waals surface area contributed by atoms with Crippen molar-refractivity contribution in [1.29, 1.82) is 0 Å². The molecular weight excluding hydrogens is 284 g/mol. The number of halogens is 1. The van der Waals surface area contributed by atoms with Crippen molar-refractivity contribution in [2.45, 2.75) is 25.8 Å². The first-order valence-electron chi connectivity index (χ1n) is 5.87. The molecule has 1 aliphatic heterocycles. The van der Waals surface area contributed by atoms with Gasteiger partial charge in [0.25, 0.3) is 5.91 Å². The van der Waals surface area contributed by atoms with Crippen LogP contribution in [0.25, 0.3) is 0 Å². The molecule has 94 valence electrons. The Balaban J connectivity index is 2.16. The minimum Gasteiger partial charge on any atom is -0.458 e. The Labute approximate surface area is 109 Å². The molecule has 5 heteroatoms. The maximum Gasteiger partial charge on any atom is 0.291 e. The molecule has 1 amide bonds. The normalized spacial score (nSPS) is 25.0. The molecule has 2 rings (SSSR count). The molecule has 4 nitrogen and oxygen atoms in total. The fraction of sp³-hybridized carbons (Fsp3) is 0.583. The standard InChI is InChI=1S/C12H17BrN2O2/c1-8-2-4-15(9(6-8)7-14)12(16)11-10(13)3-5-17-11/h3,5,8-9H,2,4,6-7,14H2,1H3. The van der Waals surface area contributed by atoms with Gasteiger partial charge in [-0.05, 0) is 40.8 Å². The lowest BCUT2D eigenvalue weighted by Crippen LogP contribution is -2.49. The summed E-state index contributed by atoms with van der Waals surface area (Å²) in [5.74, 6) is 0.940. The zero-order valence-electron chi connectivity index (χ0n) is 9.86. The quantitative estimate of drug-likeness (QED) is 0.911. The highest BCUT2D eigenvalue weighted by atomic mass is 79.9. The molecule has 1 fully saturated rings. The van der Waals surface area contributed by atoms with Crippen LogP contribution in [0.1, 0.15) is 30.3 Å². The van der Waals surface area contributed by atoms with E-state index in [2.05, 4.69) is 22.9 Å². The number of likely N-dealkylation sites (tertiary alicyclic amines) is 1. The number of rotatable bonds is 2. The molecule has 0 saturated carbocycles. The van der Waals surface area contributed by atoms with Crippen LogP contribution in [0.4, 0.5) is 0 Å². The Bertz CT molecular complexity index is 405. The number of piperidine rings is 1. The number of carbonyl (C=O) groups is 1. The van der Waals surface area contributed by atoms with E-state index in [0.29, 0.717) is 22.7 Å². The fourth-order valence-electron chi connectivity index (χ4n) is 2.32. The summed E-state index contributed by atoms with van der Waals surface area (Å²) in [6.07, 6.45) is 3.52. The van der Waals surface area contributed by atoms with E-state index >= 15 is 0 Å². The van der Waals surface area contributed by atoms with Gasteiger partial charge in [-0.3, -0.25) is 4.79 Å². The topological polar surface area (TPSA) is 59.5 Å². The van der Waals surface area contributed by atoms with Gasteiger partial charge in [0.2, 0.25) is 5.76 Å². The number of carbonyl (C=O) groups excluding carboxylic acids is 1. The third-order valence-corrected chi connectivity index (χ3v) is 3.95. The number of hydrogen-bond donors (Lipinski definition) is 1. The van der Waals surface area contributed by atoms with Gasteiger partial charge in [0.05, 0.1) is 10.7 Å². The van der Waals surface area contributed by atoms with E-state index in [1.54, 1.807) is 6.07 Å².